The van der Waals surface area contributed by atoms with Gasteiger partial charge in [0.2, 0.25) is 0 Å². The van der Waals surface area contributed by atoms with Gasteiger partial charge in [0.25, 0.3) is 0 Å². The van der Waals surface area contributed by atoms with E-state index in [0.717, 1.165) is 5.75 Å². The van der Waals surface area contributed by atoms with Crippen LogP contribution in [0.25, 0.3) is 10.8 Å². The molecule has 0 atom stereocenters. The lowest BCUT2D eigenvalue weighted by Crippen LogP contribution is -2.20. The third-order valence-corrected chi connectivity index (χ3v) is 6.74. The summed E-state index contributed by atoms with van der Waals surface area (Å²) < 4.78 is 5.34. The van der Waals surface area contributed by atoms with Gasteiger partial charge in [0.1, 0.15) is 5.75 Å². The molecular weight excluding hydrogens is 323 g/mol. The fourth-order valence-electron chi connectivity index (χ4n) is 3.08. The van der Waals surface area contributed by atoms with E-state index in [1.54, 1.807) is 7.11 Å². The fourth-order valence-corrected chi connectivity index (χ4v) is 5.41. The Morgan fingerprint density at radius 2 is 1.12 bits per heavy atom. The molecule has 122 valence electrons. The Morgan fingerprint density at radius 1 is 0.560 bits per heavy atom. The highest BCUT2D eigenvalue weighted by molar-refractivity contribution is 7.79. The number of hydrogen-bond donors (Lipinski definition) is 0. The standard InChI is InChI=1S/C23H19OP/c1-24-20-14-12-19-17-23(15-13-18(19)16-20)25(21-8-4-2-5-9-21)22-10-6-3-7-11-22/h2-17H,1H3. The van der Waals surface area contributed by atoms with Crippen molar-refractivity contribution in [2.24, 2.45) is 0 Å². The summed E-state index contributed by atoms with van der Waals surface area (Å²) in [5.41, 5.74) is 0. The molecule has 0 saturated heterocycles. The van der Waals surface area contributed by atoms with Crippen molar-refractivity contribution in [2.45, 2.75) is 0 Å². The maximum Gasteiger partial charge on any atom is 0.119 e. The predicted molar refractivity (Wildman–Crippen MR) is 109 cm³/mol. The number of ether oxygens (including phenoxy) is 1. The second-order valence-corrected chi connectivity index (χ2v) is 8.12. The summed E-state index contributed by atoms with van der Waals surface area (Å²) in [7, 11) is 1.15. The summed E-state index contributed by atoms with van der Waals surface area (Å²) in [5.74, 6) is 0.897. The van der Waals surface area contributed by atoms with E-state index in [2.05, 4.69) is 91.0 Å². The van der Waals surface area contributed by atoms with Crippen molar-refractivity contribution in [3.8, 4) is 5.75 Å². The van der Waals surface area contributed by atoms with Gasteiger partial charge in [-0.05, 0) is 52.8 Å². The first kappa shape index (κ1) is 15.9. The monoisotopic (exact) mass is 342 g/mol. The lowest BCUT2D eigenvalue weighted by molar-refractivity contribution is 0.415. The highest BCUT2D eigenvalue weighted by Crippen LogP contribution is 2.34. The average molecular weight is 342 g/mol. The molecule has 0 unspecified atom stereocenters. The Balaban J connectivity index is 1.86. The van der Waals surface area contributed by atoms with Crippen LogP contribution in [0.1, 0.15) is 0 Å². The van der Waals surface area contributed by atoms with Crippen molar-refractivity contribution in [3.05, 3.63) is 97.1 Å². The minimum absolute atomic E-state index is 0.562. The minimum Gasteiger partial charge on any atom is -0.497 e. The molecule has 0 bridgehead atoms. The van der Waals surface area contributed by atoms with Crippen LogP contribution in [0.3, 0.4) is 0 Å². The fraction of sp³-hybridized carbons (Fsp3) is 0.0435. The average Bonchev–Trinajstić information content (AvgIpc) is 2.69. The van der Waals surface area contributed by atoms with Crippen LogP contribution in [0.2, 0.25) is 0 Å². The minimum atomic E-state index is -0.562. The number of benzene rings is 4. The van der Waals surface area contributed by atoms with E-state index in [-0.39, 0.29) is 0 Å². The Bertz CT molecular complexity index is 941. The first-order valence-corrected chi connectivity index (χ1v) is 9.67. The lowest BCUT2D eigenvalue weighted by Gasteiger charge is -2.19. The molecule has 25 heavy (non-hydrogen) atoms. The van der Waals surface area contributed by atoms with Gasteiger partial charge in [-0.3, -0.25) is 0 Å². The second kappa shape index (κ2) is 7.09. The van der Waals surface area contributed by atoms with Crippen LogP contribution in [0.5, 0.6) is 5.75 Å². The number of fused-ring (bicyclic) bond motifs is 1. The Morgan fingerprint density at radius 3 is 1.72 bits per heavy atom. The van der Waals surface area contributed by atoms with Crippen LogP contribution in [-0.4, -0.2) is 7.11 Å². The molecule has 4 aromatic carbocycles. The van der Waals surface area contributed by atoms with Crippen molar-refractivity contribution < 1.29 is 4.74 Å². The topological polar surface area (TPSA) is 9.23 Å². The molecule has 0 spiro atoms. The van der Waals surface area contributed by atoms with Gasteiger partial charge < -0.3 is 4.74 Å². The van der Waals surface area contributed by atoms with E-state index < -0.39 is 7.92 Å². The maximum atomic E-state index is 5.34. The van der Waals surface area contributed by atoms with Crippen molar-refractivity contribution in [1.29, 1.82) is 0 Å². The molecule has 1 nitrogen and oxygen atoms in total. The van der Waals surface area contributed by atoms with E-state index in [1.165, 1.54) is 26.7 Å². The first-order valence-electron chi connectivity index (χ1n) is 8.33. The molecule has 0 aliphatic rings. The predicted octanol–water partition coefficient (Wildman–Crippen LogP) is 4.61. The van der Waals surface area contributed by atoms with Crippen molar-refractivity contribution >= 4 is 34.6 Å². The van der Waals surface area contributed by atoms with Crippen LogP contribution in [0.4, 0.5) is 0 Å². The van der Waals surface area contributed by atoms with Crippen molar-refractivity contribution in [1.82, 2.24) is 0 Å². The molecule has 0 saturated carbocycles. The number of hydrogen-bond acceptors (Lipinski definition) is 1. The second-order valence-electron chi connectivity index (χ2n) is 5.90. The van der Waals surface area contributed by atoms with Gasteiger partial charge in [0, 0.05) is 0 Å². The van der Waals surface area contributed by atoms with E-state index in [0.29, 0.717) is 0 Å². The van der Waals surface area contributed by atoms with E-state index in [9.17, 15) is 0 Å². The van der Waals surface area contributed by atoms with Gasteiger partial charge in [0.15, 0.2) is 0 Å². The summed E-state index contributed by atoms with van der Waals surface area (Å²) in [6, 6.07) is 34.6. The number of rotatable bonds is 4. The van der Waals surface area contributed by atoms with E-state index in [1.807, 2.05) is 6.07 Å². The van der Waals surface area contributed by atoms with Gasteiger partial charge in [-0.25, -0.2) is 0 Å². The van der Waals surface area contributed by atoms with Gasteiger partial charge >= 0.3 is 0 Å². The van der Waals surface area contributed by atoms with Crippen LogP contribution >= 0.6 is 7.92 Å². The Kier molecular flexibility index (Phi) is 4.50. The van der Waals surface area contributed by atoms with Crippen molar-refractivity contribution in [2.75, 3.05) is 7.11 Å². The Labute approximate surface area is 149 Å². The summed E-state index contributed by atoms with van der Waals surface area (Å²) in [6.45, 7) is 0. The highest BCUT2D eigenvalue weighted by Gasteiger charge is 2.16. The zero-order valence-electron chi connectivity index (χ0n) is 14.1. The van der Waals surface area contributed by atoms with Crippen LogP contribution in [0, 0.1) is 0 Å². The molecule has 4 aromatic rings. The van der Waals surface area contributed by atoms with E-state index >= 15 is 0 Å². The third-order valence-electron chi connectivity index (χ3n) is 4.32. The van der Waals surface area contributed by atoms with Crippen LogP contribution in [0.15, 0.2) is 97.1 Å². The normalized spacial score (nSPS) is 11.0. The lowest BCUT2D eigenvalue weighted by atomic mass is 10.1. The SMILES string of the molecule is COc1ccc2cc(P(c3ccccc3)c3ccccc3)ccc2c1. The molecule has 0 amide bonds. The number of methoxy groups -OCH3 is 1. The van der Waals surface area contributed by atoms with Gasteiger partial charge in [-0.15, -0.1) is 0 Å². The molecule has 0 radical (unpaired) electrons. The quantitative estimate of drug-likeness (QED) is 0.492. The Hall–Kier alpha value is -2.63. The van der Waals surface area contributed by atoms with Gasteiger partial charge in [-0.1, -0.05) is 78.9 Å². The molecule has 4 rings (SSSR count). The summed E-state index contributed by atoms with van der Waals surface area (Å²) >= 11 is 0. The molecule has 0 aliphatic carbocycles. The summed E-state index contributed by atoms with van der Waals surface area (Å²) in [4.78, 5) is 0. The van der Waals surface area contributed by atoms with Crippen LogP contribution in [-0.2, 0) is 0 Å². The van der Waals surface area contributed by atoms with Crippen LogP contribution < -0.4 is 20.7 Å². The molecule has 0 fully saturated rings. The van der Waals surface area contributed by atoms with Crippen molar-refractivity contribution in [3.63, 3.8) is 0 Å². The van der Waals surface area contributed by atoms with E-state index in [4.69, 9.17) is 4.74 Å². The molecule has 0 heterocycles. The zero-order valence-corrected chi connectivity index (χ0v) is 15.0. The molecule has 0 aliphatic heterocycles. The molecular formula is C23H19OP. The summed E-state index contributed by atoms with van der Waals surface area (Å²) in [6.07, 6.45) is 0. The highest BCUT2D eigenvalue weighted by atomic mass is 31.1. The molecule has 0 N–H and O–H groups in total. The smallest absolute Gasteiger partial charge is 0.119 e. The maximum absolute atomic E-state index is 5.34. The molecule has 2 heteroatoms. The third kappa shape index (κ3) is 3.29. The van der Waals surface area contributed by atoms with Gasteiger partial charge in [0.05, 0.1) is 7.11 Å². The largest absolute Gasteiger partial charge is 0.497 e. The zero-order chi connectivity index (χ0) is 17.1. The van der Waals surface area contributed by atoms with Gasteiger partial charge in [-0.2, -0.15) is 0 Å². The first-order chi connectivity index (χ1) is 12.3. The molecule has 0 aromatic heterocycles. The summed E-state index contributed by atoms with van der Waals surface area (Å²) in [5, 5.41) is 6.56.